The van der Waals surface area contributed by atoms with Crippen molar-refractivity contribution in [2.75, 3.05) is 11.4 Å². The summed E-state index contributed by atoms with van der Waals surface area (Å²) in [7, 11) is -5.83. The van der Waals surface area contributed by atoms with Gasteiger partial charge in [0.15, 0.2) is 5.82 Å². The molecule has 27 heavy (non-hydrogen) atoms. The number of nitrogens with one attached hydrogen (secondary N) is 1. The van der Waals surface area contributed by atoms with Crippen molar-refractivity contribution in [3.63, 3.8) is 0 Å². The Morgan fingerprint density at radius 2 is 1.89 bits per heavy atom. The van der Waals surface area contributed by atoms with Gasteiger partial charge in [-0.2, -0.15) is 31.0 Å². The third-order valence-corrected chi connectivity index (χ3v) is 4.37. The normalized spacial score (nSPS) is 11.9. The number of rotatable bonds is 6. The first-order valence-electron chi connectivity index (χ1n) is 6.65. The number of halogens is 6. The summed E-state index contributed by atoms with van der Waals surface area (Å²) in [4.78, 5) is 12.0. The van der Waals surface area contributed by atoms with Gasteiger partial charge in [0, 0.05) is 0 Å². The van der Waals surface area contributed by atoms with Gasteiger partial charge in [0.05, 0.1) is 23.9 Å². The van der Waals surface area contributed by atoms with Gasteiger partial charge in [-0.05, 0) is 29.0 Å². The predicted octanol–water partition coefficient (Wildman–Crippen LogP) is -1.04. The average molecular weight is 462 g/mol. The van der Waals surface area contributed by atoms with E-state index < -0.39 is 50.1 Å². The molecule has 0 spiro atoms. The summed E-state index contributed by atoms with van der Waals surface area (Å²) in [6.07, 6.45) is -0.0711. The maximum absolute atomic E-state index is 14.0. The first-order valence-corrected chi connectivity index (χ1v) is 8.51. The summed E-state index contributed by atoms with van der Waals surface area (Å²) in [5, 5.41) is 6.01. The average Bonchev–Trinajstić information content (AvgIpc) is 2.87. The molecule has 0 saturated heterocycles. The molecule has 8 nitrogen and oxygen atoms in total. The Labute approximate surface area is 197 Å². The molecule has 1 heterocycles. The molecule has 0 unspecified atom stereocenters. The molecule has 1 N–H and O–H groups in total. The van der Waals surface area contributed by atoms with Crippen molar-refractivity contribution in [1.82, 2.24) is 19.8 Å². The first-order chi connectivity index (χ1) is 12.0. The monoisotopic (exact) mass is 461 g/mol. The molecule has 1 aromatic heterocycles. The Bertz CT molecular complexity index is 984. The first kappa shape index (κ1) is 24.5. The second kappa shape index (κ2) is 9.28. The molecule has 0 bridgehead atoms. The molecule has 0 atom stereocenters. The van der Waals surface area contributed by atoms with E-state index in [0.717, 1.165) is 4.72 Å². The topological polar surface area (TPSA) is 98.9 Å². The smallest absolute Gasteiger partial charge is 1.00 e. The number of nitrogens with zero attached hydrogens (tertiary/aromatic N) is 4. The number of tetrazole rings is 1. The molecule has 0 fully saturated rings. The summed E-state index contributed by atoms with van der Waals surface area (Å²) in [5.74, 6) is -1.18. The SMILES string of the molecule is O=c1n(CCCF)nnn1-c1cc(NS(=O)(=O)C(F)(F)F)c(Cl)cc1F.[H-].[K+]. The molecule has 0 aliphatic heterocycles. The van der Waals surface area contributed by atoms with Gasteiger partial charge in [-0.1, -0.05) is 11.6 Å². The molecule has 0 saturated carbocycles. The van der Waals surface area contributed by atoms with Gasteiger partial charge in [-0.25, -0.2) is 9.18 Å². The van der Waals surface area contributed by atoms with Crippen LogP contribution in [-0.4, -0.2) is 40.4 Å². The summed E-state index contributed by atoms with van der Waals surface area (Å²) < 4.78 is 88.1. The number of alkyl halides is 4. The van der Waals surface area contributed by atoms with Crippen molar-refractivity contribution in [2.24, 2.45) is 0 Å². The third-order valence-electron chi connectivity index (χ3n) is 2.96. The number of aromatic nitrogens is 4. The third kappa shape index (κ3) is 5.48. The van der Waals surface area contributed by atoms with Crippen molar-refractivity contribution >= 4 is 27.3 Å². The minimum Gasteiger partial charge on any atom is -1.00 e. The van der Waals surface area contributed by atoms with E-state index >= 15 is 0 Å². The van der Waals surface area contributed by atoms with Crippen LogP contribution in [0.5, 0.6) is 0 Å². The largest absolute Gasteiger partial charge is 1.00 e. The van der Waals surface area contributed by atoms with Crippen LogP contribution in [0.3, 0.4) is 0 Å². The second-order valence-corrected chi connectivity index (χ2v) is 6.85. The van der Waals surface area contributed by atoms with Crippen molar-refractivity contribution in [3.05, 3.63) is 33.5 Å². The molecular formula is C11H10ClF5KN5O3S. The van der Waals surface area contributed by atoms with E-state index in [4.69, 9.17) is 11.6 Å². The number of benzene rings is 1. The number of sulfonamides is 1. The Hall–Kier alpha value is -0.584. The van der Waals surface area contributed by atoms with Gasteiger partial charge in [0.1, 0.15) is 5.69 Å². The van der Waals surface area contributed by atoms with E-state index in [1.807, 2.05) is 0 Å². The molecule has 146 valence electrons. The molecule has 16 heteroatoms. The molecule has 2 rings (SSSR count). The number of hydrogen-bond acceptors (Lipinski definition) is 5. The van der Waals surface area contributed by atoms with Crippen LogP contribution < -0.4 is 61.8 Å². The predicted molar refractivity (Wildman–Crippen MR) is 80.9 cm³/mol. The van der Waals surface area contributed by atoms with Gasteiger partial charge in [0.25, 0.3) is 0 Å². The fourth-order valence-corrected chi connectivity index (χ4v) is 2.58. The maximum Gasteiger partial charge on any atom is 1.00 e. The van der Waals surface area contributed by atoms with Crippen LogP contribution in [0.1, 0.15) is 7.85 Å². The van der Waals surface area contributed by atoms with Gasteiger partial charge in [0.2, 0.25) is 0 Å². The van der Waals surface area contributed by atoms with Crippen LogP contribution >= 0.6 is 11.6 Å². The fraction of sp³-hybridized carbons (Fsp3) is 0.364. The van der Waals surface area contributed by atoms with Crippen LogP contribution in [0.2, 0.25) is 5.02 Å². The van der Waals surface area contributed by atoms with E-state index in [-0.39, 0.29) is 65.8 Å². The van der Waals surface area contributed by atoms with Crippen molar-refractivity contribution in [3.8, 4) is 5.69 Å². The van der Waals surface area contributed by atoms with Gasteiger partial charge in [-0.3, -0.25) is 9.11 Å². The summed E-state index contributed by atoms with van der Waals surface area (Å²) in [6, 6.07) is 1.05. The minimum atomic E-state index is -5.83. The molecule has 0 radical (unpaired) electrons. The van der Waals surface area contributed by atoms with Crippen molar-refractivity contribution < 1.29 is 83.2 Å². The molecule has 2 aromatic rings. The number of hydrogen-bond donors (Lipinski definition) is 1. The molecule has 0 aliphatic rings. The fourth-order valence-electron chi connectivity index (χ4n) is 1.76. The van der Waals surface area contributed by atoms with Gasteiger partial charge < -0.3 is 1.43 Å². The summed E-state index contributed by atoms with van der Waals surface area (Å²) in [5.41, 5.74) is -8.18. The van der Waals surface area contributed by atoms with Crippen LogP contribution in [-0.2, 0) is 16.6 Å². The standard InChI is InChI=1S/C11H9ClF5N5O3S.K.H/c12-6-4-7(14)9(5-8(6)18-26(24,25)11(15,16)17)22-10(23)21(19-20-22)3-1-2-13;;/h4-5,18H,1-3H2;;/q;+1;-1. The number of anilines is 1. The van der Waals surface area contributed by atoms with Crippen LogP contribution in [0, 0.1) is 5.82 Å². The van der Waals surface area contributed by atoms with E-state index in [1.54, 1.807) is 0 Å². The quantitative estimate of drug-likeness (QED) is 0.438. The van der Waals surface area contributed by atoms with Crippen molar-refractivity contribution in [1.29, 1.82) is 0 Å². The van der Waals surface area contributed by atoms with E-state index in [0.29, 0.717) is 21.5 Å². The molecular weight excluding hydrogens is 452 g/mol. The zero-order valence-corrected chi connectivity index (χ0v) is 18.2. The maximum atomic E-state index is 14.0. The van der Waals surface area contributed by atoms with Gasteiger partial charge >= 0.3 is 72.6 Å². The van der Waals surface area contributed by atoms with Crippen LogP contribution in [0.25, 0.3) is 5.69 Å². The summed E-state index contributed by atoms with van der Waals surface area (Å²) in [6.45, 7) is -0.921. The minimum absolute atomic E-state index is 0. The molecule has 0 aliphatic carbocycles. The molecule has 0 amide bonds. The zero-order chi connectivity index (χ0) is 19.7. The van der Waals surface area contributed by atoms with Crippen molar-refractivity contribution in [2.45, 2.75) is 18.5 Å². The van der Waals surface area contributed by atoms with E-state index in [9.17, 15) is 35.2 Å². The second-order valence-electron chi connectivity index (χ2n) is 4.77. The molecule has 1 aromatic carbocycles. The zero-order valence-electron chi connectivity index (χ0n) is 14.5. The van der Waals surface area contributed by atoms with Crippen LogP contribution in [0.4, 0.5) is 27.6 Å². The Morgan fingerprint density at radius 1 is 1.26 bits per heavy atom. The Balaban J connectivity index is 0.00000364. The number of aryl methyl sites for hydroxylation is 1. The Morgan fingerprint density at radius 3 is 2.44 bits per heavy atom. The van der Waals surface area contributed by atoms with Gasteiger partial charge in [-0.15, -0.1) is 0 Å². The van der Waals surface area contributed by atoms with Crippen LogP contribution in [0.15, 0.2) is 16.9 Å². The summed E-state index contributed by atoms with van der Waals surface area (Å²) >= 11 is 5.55. The Kier molecular flexibility index (Phi) is 8.40. The van der Waals surface area contributed by atoms with E-state index in [2.05, 4.69) is 10.4 Å². The van der Waals surface area contributed by atoms with E-state index in [1.165, 1.54) is 0 Å².